The third-order valence-corrected chi connectivity index (χ3v) is 4.32. The highest BCUT2D eigenvalue weighted by Crippen LogP contribution is 2.21. The van der Waals surface area contributed by atoms with Crippen molar-refractivity contribution in [2.45, 2.75) is 19.4 Å². The molecule has 4 heteroatoms. The Bertz CT molecular complexity index is 596. The molecule has 2 rings (SSSR count). The van der Waals surface area contributed by atoms with E-state index in [2.05, 4.69) is 44.1 Å². The summed E-state index contributed by atoms with van der Waals surface area (Å²) in [6, 6.07) is 15.5. The molecule has 1 N–H and O–H groups in total. The molecular formula is C16H15Br2NO. The van der Waals surface area contributed by atoms with Crippen LogP contribution in [0.2, 0.25) is 0 Å². The second kappa shape index (κ2) is 7.04. The summed E-state index contributed by atoms with van der Waals surface area (Å²) in [7, 11) is 0. The zero-order valence-electron chi connectivity index (χ0n) is 11.1. The summed E-state index contributed by atoms with van der Waals surface area (Å²) >= 11 is 6.83. The van der Waals surface area contributed by atoms with Gasteiger partial charge in [0.1, 0.15) is 0 Å². The van der Waals surface area contributed by atoms with Crippen LogP contribution in [-0.2, 0) is 0 Å². The summed E-state index contributed by atoms with van der Waals surface area (Å²) in [6.07, 6.45) is 0.845. The Morgan fingerprint density at radius 3 is 2.35 bits per heavy atom. The van der Waals surface area contributed by atoms with Gasteiger partial charge in [-0.15, -0.1) is 0 Å². The van der Waals surface area contributed by atoms with Crippen LogP contribution in [0.5, 0.6) is 0 Å². The van der Waals surface area contributed by atoms with Gasteiger partial charge in [-0.2, -0.15) is 0 Å². The van der Waals surface area contributed by atoms with Gasteiger partial charge in [0.05, 0.1) is 11.6 Å². The standard InChI is InChI=1S/C16H15Br2NO/c1-2-15(11-7-9-12(17)10-8-11)19-16(20)13-5-3-4-6-14(13)18/h3-10,15H,2H2,1H3,(H,19,20)/t15-/m0/s1. The number of benzene rings is 2. The highest BCUT2D eigenvalue weighted by molar-refractivity contribution is 9.10. The van der Waals surface area contributed by atoms with E-state index >= 15 is 0 Å². The van der Waals surface area contributed by atoms with Crippen LogP contribution in [0.25, 0.3) is 0 Å². The van der Waals surface area contributed by atoms with Crippen LogP contribution in [0, 0.1) is 0 Å². The van der Waals surface area contributed by atoms with Crippen LogP contribution in [0.1, 0.15) is 35.3 Å². The number of carbonyl (C=O) groups is 1. The number of halogens is 2. The molecule has 0 saturated heterocycles. The van der Waals surface area contributed by atoms with Crippen LogP contribution in [0.4, 0.5) is 0 Å². The predicted octanol–water partition coefficient (Wildman–Crippen LogP) is 5.09. The topological polar surface area (TPSA) is 29.1 Å². The maximum absolute atomic E-state index is 12.3. The van der Waals surface area contributed by atoms with Gasteiger partial charge in [-0.25, -0.2) is 0 Å². The van der Waals surface area contributed by atoms with Crippen molar-refractivity contribution >= 4 is 37.8 Å². The van der Waals surface area contributed by atoms with E-state index in [9.17, 15) is 4.79 Å². The summed E-state index contributed by atoms with van der Waals surface area (Å²) in [5.74, 6) is -0.0627. The van der Waals surface area contributed by atoms with Crippen molar-refractivity contribution in [3.63, 3.8) is 0 Å². The van der Waals surface area contributed by atoms with Crippen molar-refractivity contribution in [1.82, 2.24) is 5.32 Å². The monoisotopic (exact) mass is 395 g/mol. The smallest absolute Gasteiger partial charge is 0.252 e. The van der Waals surface area contributed by atoms with Crippen molar-refractivity contribution in [2.75, 3.05) is 0 Å². The fourth-order valence-corrected chi connectivity index (χ4v) is 2.73. The van der Waals surface area contributed by atoms with Gasteiger partial charge in [-0.1, -0.05) is 47.1 Å². The lowest BCUT2D eigenvalue weighted by Gasteiger charge is -2.18. The molecule has 0 bridgehead atoms. The number of amides is 1. The Morgan fingerprint density at radius 1 is 1.10 bits per heavy atom. The summed E-state index contributed by atoms with van der Waals surface area (Å²) < 4.78 is 1.84. The van der Waals surface area contributed by atoms with E-state index in [4.69, 9.17) is 0 Å². The maximum Gasteiger partial charge on any atom is 0.252 e. The molecule has 0 aliphatic rings. The molecule has 0 fully saturated rings. The van der Waals surface area contributed by atoms with Crippen molar-refractivity contribution in [3.05, 3.63) is 68.6 Å². The molecule has 0 aliphatic heterocycles. The Balaban J connectivity index is 2.16. The molecular weight excluding hydrogens is 382 g/mol. The summed E-state index contributed by atoms with van der Waals surface area (Å²) in [5, 5.41) is 3.08. The maximum atomic E-state index is 12.3. The lowest BCUT2D eigenvalue weighted by Crippen LogP contribution is -2.28. The largest absolute Gasteiger partial charge is 0.345 e. The molecule has 0 heterocycles. The molecule has 0 saturated carbocycles. The number of hydrogen-bond donors (Lipinski definition) is 1. The van der Waals surface area contributed by atoms with Gasteiger partial charge >= 0.3 is 0 Å². The van der Waals surface area contributed by atoms with Gasteiger partial charge in [-0.05, 0) is 52.2 Å². The molecule has 0 radical (unpaired) electrons. The minimum atomic E-state index is -0.0627. The third kappa shape index (κ3) is 3.70. The van der Waals surface area contributed by atoms with E-state index < -0.39 is 0 Å². The molecule has 0 unspecified atom stereocenters. The Labute approximate surface area is 135 Å². The minimum Gasteiger partial charge on any atom is -0.345 e. The summed E-state index contributed by atoms with van der Waals surface area (Å²) in [6.45, 7) is 2.06. The van der Waals surface area contributed by atoms with E-state index in [1.54, 1.807) is 0 Å². The van der Waals surface area contributed by atoms with Crippen LogP contribution >= 0.6 is 31.9 Å². The number of rotatable bonds is 4. The average Bonchev–Trinajstić information content (AvgIpc) is 2.46. The van der Waals surface area contributed by atoms with Crippen LogP contribution < -0.4 is 5.32 Å². The number of nitrogens with one attached hydrogen (secondary N) is 1. The normalized spacial score (nSPS) is 11.9. The second-order valence-corrected chi connectivity index (χ2v) is 6.24. The molecule has 0 aromatic heterocycles. The first-order valence-corrected chi connectivity index (χ1v) is 8.01. The third-order valence-electron chi connectivity index (χ3n) is 3.10. The van der Waals surface area contributed by atoms with Crippen LogP contribution in [0.15, 0.2) is 57.5 Å². The SMILES string of the molecule is CC[C@H](NC(=O)c1ccccc1Br)c1ccc(Br)cc1. The van der Waals surface area contributed by atoms with Crippen LogP contribution in [0.3, 0.4) is 0 Å². The van der Waals surface area contributed by atoms with E-state index in [0.29, 0.717) is 5.56 Å². The number of hydrogen-bond acceptors (Lipinski definition) is 1. The summed E-state index contributed by atoms with van der Waals surface area (Å²) in [4.78, 5) is 12.3. The van der Waals surface area contributed by atoms with Gasteiger partial charge < -0.3 is 5.32 Å². The molecule has 2 nitrogen and oxygen atoms in total. The lowest BCUT2D eigenvalue weighted by molar-refractivity contribution is 0.0935. The first-order valence-electron chi connectivity index (χ1n) is 6.42. The van der Waals surface area contributed by atoms with Gasteiger partial charge in [0.2, 0.25) is 0 Å². The van der Waals surface area contributed by atoms with E-state index in [1.807, 2.05) is 48.5 Å². The number of carbonyl (C=O) groups excluding carboxylic acids is 1. The predicted molar refractivity (Wildman–Crippen MR) is 88.8 cm³/mol. The first-order chi connectivity index (χ1) is 9.61. The van der Waals surface area contributed by atoms with Crippen molar-refractivity contribution in [3.8, 4) is 0 Å². The summed E-state index contributed by atoms with van der Waals surface area (Å²) in [5.41, 5.74) is 1.76. The lowest BCUT2D eigenvalue weighted by atomic mass is 10.0. The fraction of sp³-hybridized carbons (Fsp3) is 0.188. The molecule has 20 heavy (non-hydrogen) atoms. The zero-order chi connectivity index (χ0) is 14.5. The van der Waals surface area contributed by atoms with Crippen molar-refractivity contribution in [2.24, 2.45) is 0 Å². The quantitative estimate of drug-likeness (QED) is 0.765. The second-order valence-electron chi connectivity index (χ2n) is 4.47. The fourth-order valence-electron chi connectivity index (χ4n) is 2.00. The highest BCUT2D eigenvalue weighted by atomic mass is 79.9. The van der Waals surface area contributed by atoms with Gasteiger partial charge in [0.15, 0.2) is 0 Å². The first kappa shape index (κ1) is 15.3. The Morgan fingerprint density at radius 2 is 1.75 bits per heavy atom. The highest BCUT2D eigenvalue weighted by Gasteiger charge is 2.15. The zero-order valence-corrected chi connectivity index (χ0v) is 14.2. The molecule has 2 aromatic carbocycles. The van der Waals surface area contributed by atoms with E-state index in [-0.39, 0.29) is 11.9 Å². The van der Waals surface area contributed by atoms with Crippen molar-refractivity contribution in [1.29, 1.82) is 0 Å². The van der Waals surface area contributed by atoms with Gasteiger partial charge in [-0.3, -0.25) is 4.79 Å². The average molecular weight is 397 g/mol. The van der Waals surface area contributed by atoms with E-state index in [1.165, 1.54) is 0 Å². The minimum absolute atomic E-state index is 0.0164. The van der Waals surface area contributed by atoms with E-state index in [0.717, 1.165) is 20.9 Å². The molecule has 1 amide bonds. The Kier molecular flexibility index (Phi) is 5.38. The molecule has 0 spiro atoms. The van der Waals surface area contributed by atoms with Crippen LogP contribution in [-0.4, -0.2) is 5.91 Å². The molecule has 2 aromatic rings. The Hall–Kier alpha value is -1.13. The van der Waals surface area contributed by atoms with Gasteiger partial charge in [0.25, 0.3) is 5.91 Å². The van der Waals surface area contributed by atoms with Gasteiger partial charge in [0, 0.05) is 8.95 Å². The molecule has 0 aliphatic carbocycles. The molecule has 104 valence electrons. The molecule has 1 atom stereocenters. The van der Waals surface area contributed by atoms with Crippen molar-refractivity contribution < 1.29 is 4.79 Å².